The normalized spacial score (nSPS) is 10.9. The molecule has 4 heteroatoms. The topological polar surface area (TPSA) is 63.6 Å². The Morgan fingerprint density at radius 2 is 0.852 bits per heavy atom. The molecule has 0 amide bonds. The van der Waals surface area contributed by atoms with Crippen molar-refractivity contribution in [2.24, 2.45) is 0 Å². The van der Waals surface area contributed by atoms with Crippen LogP contribution in [0, 0.1) is 0 Å². The zero-order chi connectivity index (χ0) is 20.0. The van der Waals surface area contributed by atoms with Crippen LogP contribution in [0.2, 0.25) is 0 Å². The van der Waals surface area contributed by atoms with E-state index in [1.807, 2.05) is 6.92 Å². The third-order valence-corrected chi connectivity index (χ3v) is 5.08. The molecule has 0 aromatic heterocycles. The third kappa shape index (κ3) is 22.9. The van der Waals surface area contributed by atoms with Crippen LogP contribution in [-0.2, 0) is 14.3 Å². The molecular formula is C23H44O4. The largest absolute Gasteiger partial charge is 0.481 e. The molecule has 0 aromatic carbocycles. The van der Waals surface area contributed by atoms with E-state index in [2.05, 4.69) is 0 Å². The SMILES string of the molecule is CCOC(=O)CCCCCCCCCCCCCCCCCCCC(=O)O. The van der Waals surface area contributed by atoms with Crippen molar-refractivity contribution in [2.45, 2.75) is 129 Å². The highest BCUT2D eigenvalue weighted by atomic mass is 16.5. The first-order valence-electron chi connectivity index (χ1n) is 11.5. The molecule has 0 heterocycles. The smallest absolute Gasteiger partial charge is 0.305 e. The fourth-order valence-electron chi connectivity index (χ4n) is 3.43. The van der Waals surface area contributed by atoms with Crippen molar-refractivity contribution in [3.8, 4) is 0 Å². The lowest BCUT2D eigenvalue weighted by molar-refractivity contribution is -0.143. The molecule has 0 aliphatic heterocycles. The van der Waals surface area contributed by atoms with Gasteiger partial charge in [-0.2, -0.15) is 0 Å². The Balaban J connectivity index is 3.05. The van der Waals surface area contributed by atoms with E-state index in [9.17, 15) is 9.59 Å². The fourth-order valence-corrected chi connectivity index (χ4v) is 3.43. The molecule has 0 fully saturated rings. The molecule has 0 aliphatic rings. The van der Waals surface area contributed by atoms with E-state index >= 15 is 0 Å². The van der Waals surface area contributed by atoms with Crippen molar-refractivity contribution in [3.63, 3.8) is 0 Å². The second-order valence-corrected chi connectivity index (χ2v) is 7.71. The van der Waals surface area contributed by atoms with E-state index in [1.165, 1.54) is 83.5 Å². The minimum absolute atomic E-state index is 0.0479. The standard InChI is InChI=1S/C23H44O4/c1-2-27-23(26)21-19-17-15-13-11-9-7-5-3-4-6-8-10-12-14-16-18-20-22(24)25/h2-21H2,1H3,(H,24,25). The summed E-state index contributed by atoms with van der Waals surface area (Å²) in [5.74, 6) is -0.714. The van der Waals surface area contributed by atoms with Gasteiger partial charge in [0.05, 0.1) is 6.61 Å². The minimum atomic E-state index is -0.666. The maximum Gasteiger partial charge on any atom is 0.305 e. The number of carbonyl (C=O) groups excluding carboxylic acids is 1. The van der Waals surface area contributed by atoms with Crippen LogP contribution in [0.5, 0.6) is 0 Å². The summed E-state index contributed by atoms with van der Waals surface area (Å²) >= 11 is 0. The molecule has 0 saturated carbocycles. The number of esters is 1. The van der Waals surface area contributed by atoms with Crippen LogP contribution in [-0.4, -0.2) is 23.7 Å². The van der Waals surface area contributed by atoms with Gasteiger partial charge in [0, 0.05) is 12.8 Å². The number of carboxylic acid groups (broad SMARTS) is 1. The Morgan fingerprint density at radius 1 is 0.556 bits per heavy atom. The lowest BCUT2D eigenvalue weighted by Crippen LogP contribution is -2.03. The lowest BCUT2D eigenvalue weighted by atomic mass is 10.0. The Hall–Kier alpha value is -1.06. The molecule has 0 aliphatic carbocycles. The monoisotopic (exact) mass is 384 g/mol. The van der Waals surface area contributed by atoms with E-state index in [0.717, 1.165) is 25.7 Å². The van der Waals surface area contributed by atoms with Crippen LogP contribution in [0.3, 0.4) is 0 Å². The van der Waals surface area contributed by atoms with Crippen LogP contribution < -0.4 is 0 Å². The average molecular weight is 385 g/mol. The van der Waals surface area contributed by atoms with Crippen molar-refractivity contribution in [1.82, 2.24) is 0 Å². The second-order valence-electron chi connectivity index (χ2n) is 7.71. The Morgan fingerprint density at radius 3 is 1.15 bits per heavy atom. The van der Waals surface area contributed by atoms with Crippen molar-refractivity contribution in [1.29, 1.82) is 0 Å². The second kappa shape index (κ2) is 21.2. The molecule has 0 aromatic rings. The van der Waals surface area contributed by atoms with Crippen molar-refractivity contribution in [3.05, 3.63) is 0 Å². The predicted molar refractivity (Wildman–Crippen MR) is 112 cm³/mol. The number of unbranched alkanes of at least 4 members (excludes halogenated alkanes) is 16. The van der Waals surface area contributed by atoms with Gasteiger partial charge < -0.3 is 9.84 Å². The number of carbonyl (C=O) groups is 2. The molecule has 0 saturated heterocycles. The van der Waals surface area contributed by atoms with Crippen molar-refractivity contribution in [2.75, 3.05) is 6.61 Å². The number of hydrogen-bond donors (Lipinski definition) is 1. The lowest BCUT2D eigenvalue weighted by Gasteiger charge is -2.04. The number of aliphatic carboxylic acids is 1. The van der Waals surface area contributed by atoms with Gasteiger partial charge in [-0.05, 0) is 19.8 Å². The summed E-state index contributed by atoms with van der Waals surface area (Å²) in [6.07, 6.45) is 22.1. The van der Waals surface area contributed by atoms with Crippen molar-refractivity contribution >= 4 is 11.9 Å². The number of hydrogen-bond acceptors (Lipinski definition) is 3. The van der Waals surface area contributed by atoms with Gasteiger partial charge in [-0.15, -0.1) is 0 Å². The van der Waals surface area contributed by atoms with E-state index in [4.69, 9.17) is 9.84 Å². The van der Waals surface area contributed by atoms with Gasteiger partial charge in [0.1, 0.15) is 0 Å². The fraction of sp³-hybridized carbons (Fsp3) is 0.913. The molecule has 0 atom stereocenters. The highest BCUT2D eigenvalue weighted by molar-refractivity contribution is 5.69. The summed E-state index contributed by atoms with van der Waals surface area (Å²) in [5, 5.41) is 8.57. The number of ether oxygens (including phenoxy) is 1. The highest BCUT2D eigenvalue weighted by Gasteiger charge is 2.00. The summed E-state index contributed by atoms with van der Waals surface area (Å²) in [6, 6.07) is 0. The Labute approximate surface area is 167 Å². The summed E-state index contributed by atoms with van der Waals surface area (Å²) in [5.41, 5.74) is 0. The maximum atomic E-state index is 11.2. The van der Waals surface area contributed by atoms with Crippen LogP contribution in [0.15, 0.2) is 0 Å². The molecule has 0 rings (SSSR count). The zero-order valence-electron chi connectivity index (χ0n) is 17.8. The third-order valence-electron chi connectivity index (χ3n) is 5.08. The molecule has 0 radical (unpaired) electrons. The molecule has 27 heavy (non-hydrogen) atoms. The van der Waals surface area contributed by atoms with Gasteiger partial charge in [0.15, 0.2) is 0 Å². The molecule has 4 nitrogen and oxygen atoms in total. The summed E-state index contributed by atoms with van der Waals surface area (Å²) in [4.78, 5) is 21.6. The molecular weight excluding hydrogens is 340 g/mol. The van der Waals surface area contributed by atoms with Crippen LogP contribution in [0.1, 0.15) is 129 Å². The van der Waals surface area contributed by atoms with Gasteiger partial charge >= 0.3 is 11.9 Å². The van der Waals surface area contributed by atoms with Crippen LogP contribution in [0.25, 0.3) is 0 Å². The van der Waals surface area contributed by atoms with Gasteiger partial charge in [-0.25, -0.2) is 0 Å². The van der Waals surface area contributed by atoms with Crippen molar-refractivity contribution < 1.29 is 19.4 Å². The first-order valence-corrected chi connectivity index (χ1v) is 11.5. The summed E-state index contributed by atoms with van der Waals surface area (Å²) < 4.78 is 4.93. The van der Waals surface area contributed by atoms with E-state index < -0.39 is 5.97 Å². The number of rotatable bonds is 21. The summed E-state index contributed by atoms with van der Waals surface area (Å²) in [7, 11) is 0. The summed E-state index contributed by atoms with van der Waals surface area (Å²) in [6.45, 7) is 2.35. The molecule has 0 spiro atoms. The van der Waals surface area contributed by atoms with Crippen LogP contribution >= 0.6 is 0 Å². The van der Waals surface area contributed by atoms with E-state index in [0.29, 0.717) is 19.4 Å². The molecule has 160 valence electrons. The molecule has 0 unspecified atom stereocenters. The van der Waals surface area contributed by atoms with E-state index in [-0.39, 0.29) is 5.97 Å². The zero-order valence-corrected chi connectivity index (χ0v) is 17.8. The molecule has 0 bridgehead atoms. The average Bonchev–Trinajstić information content (AvgIpc) is 2.63. The number of carboxylic acids is 1. The molecule has 1 N–H and O–H groups in total. The minimum Gasteiger partial charge on any atom is -0.481 e. The quantitative estimate of drug-likeness (QED) is 0.170. The first-order chi connectivity index (χ1) is 13.2. The van der Waals surface area contributed by atoms with Crippen LogP contribution in [0.4, 0.5) is 0 Å². The van der Waals surface area contributed by atoms with Gasteiger partial charge in [-0.1, -0.05) is 96.3 Å². The highest BCUT2D eigenvalue weighted by Crippen LogP contribution is 2.14. The van der Waals surface area contributed by atoms with Gasteiger partial charge in [0.25, 0.3) is 0 Å². The van der Waals surface area contributed by atoms with Gasteiger partial charge in [-0.3, -0.25) is 9.59 Å². The first kappa shape index (κ1) is 25.9. The predicted octanol–water partition coefficient (Wildman–Crippen LogP) is 7.05. The van der Waals surface area contributed by atoms with E-state index in [1.54, 1.807) is 0 Å². The van der Waals surface area contributed by atoms with Gasteiger partial charge in [0.2, 0.25) is 0 Å². The Kier molecular flexibility index (Phi) is 20.4. The Bertz CT molecular complexity index is 341. The maximum absolute atomic E-state index is 11.2.